The number of para-hydroxylation sites is 1. The van der Waals surface area contributed by atoms with Crippen molar-refractivity contribution in [1.82, 2.24) is 0 Å². The van der Waals surface area contributed by atoms with Gasteiger partial charge in [-0.15, -0.1) is 23.1 Å². The molecule has 1 unspecified atom stereocenters. The van der Waals surface area contributed by atoms with E-state index in [1.807, 2.05) is 23.1 Å². The minimum atomic E-state index is 0.467. The van der Waals surface area contributed by atoms with E-state index in [-0.39, 0.29) is 0 Å². The molecular weight excluding hydrogens is 246 g/mol. The predicted octanol–water partition coefficient (Wildman–Crippen LogP) is 4.79. The van der Waals surface area contributed by atoms with E-state index in [4.69, 9.17) is 0 Å². The topological polar surface area (TPSA) is 12.0 Å². The average molecular weight is 261 g/mol. The molecule has 1 aliphatic rings. The smallest absolute Gasteiger partial charge is 0.0653 e. The third kappa shape index (κ3) is 2.35. The molecule has 0 spiro atoms. The van der Waals surface area contributed by atoms with E-state index in [0.717, 1.165) is 0 Å². The molecule has 1 nitrogen and oxygen atoms in total. The summed E-state index contributed by atoms with van der Waals surface area (Å²) in [6.07, 6.45) is 1.20. The zero-order chi connectivity index (χ0) is 11.7. The van der Waals surface area contributed by atoms with Gasteiger partial charge in [-0.25, -0.2) is 0 Å². The van der Waals surface area contributed by atoms with Crippen LogP contribution in [0.25, 0.3) is 0 Å². The van der Waals surface area contributed by atoms with Crippen LogP contribution >= 0.6 is 23.1 Å². The molecule has 0 fully saturated rings. The van der Waals surface area contributed by atoms with Gasteiger partial charge in [-0.05, 0) is 35.6 Å². The van der Waals surface area contributed by atoms with Crippen LogP contribution in [0.1, 0.15) is 24.9 Å². The molecule has 0 amide bonds. The molecule has 2 aromatic rings. The summed E-state index contributed by atoms with van der Waals surface area (Å²) >= 11 is 3.88. The number of benzene rings is 1. The van der Waals surface area contributed by atoms with E-state index in [0.29, 0.717) is 11.3 Å². The SMILES string of the molecule is C[C@H]1CC(Nc2ccccc2)c2ccsc2S1. The summed E-state index contributed by atoms with van der Waals surface area (Å²) in [5.41, 5.74) is 2.69. The molecular formula is C14H15NS2. The lowest BCUT2D eigenvalue weighted by Gasteiger charge is -2.28. The lowest BCUT2D eigenvalue weighted by molar-refractivity contribution is 0.670. The molecule has 0 aliphatic carbocycles. The fourth-order valence-corrected chi connectivity index (χ4v) is 4.79. The summed E-state index contributed by atoms with van der Waals surface area (Å²) in [7, 11) is 0. The molecule has 17 heavy (non-hydrogen) atoms. The zero-order valence-electron chi connectivity index (χ0n) is 9.72. The Morgan fingerprint density at radius 3 is 2.82 bits per heavy atom. The minimum Gasteiger partial charge on any atom is -0.378 e. The van der Waals surface area contributed by atoms with Gasteiger partial charge in [-0.3, -0.25) is 0 Å². The second-order valence-corrected chi connectivity index (χ2v) is 7.01. The van der Waals surface area contributed by atoms with E-state index < -0.39 is 0 Å². The Kier molecular flexibility index (Phi) is 3.12. The van der Waals surface area contributed by atoms with Crippen LogP contribution in [0, 0.1) is 0 Å². The number of anilines is 1. The molecule has 1 aromatic heterocycles. The molecule has 1 N–H and O–H groups in total. The predicted molar refractivity (Wildman–Crippen MR) is 77.1 cm³/mol. The summed E-state index contributed by atoms with van der Waals surface area (Å²) in [5, 5.41) is 6.55. The van der Waals surface area contributed by atoms with Crippen molar-refractivity contribution in [3.63, 3.8) is 0 Å². The van der Waals surface area contributed by atoms with Gasteiger partial charge in [-0.1, -0.05) is 25.1 Å². The normalized spacial score (nSPS) is 23.1. The largest absolute Gasteiger partial charge is 0.378 e. The lowest BCUT2D eigenvalue weighted by Crippen LogP contribution is -2.18. The van der Waals surface area contributed by atoms with Crippen LogP contribution in [0.5, 0.6) is 0 Å². The highest BCUT2D eigenvalue weighted by Crippen LogP contribution is 2.44. The monoisotopic (exact) mass is 261 g/mol. The van der Waals surface area contributed by atoms with Crippen molar-refractivity contribution in [1.29, 1.82) is 0 Å². The van der Waals surface area contributed by atoms with Crippen LogP contribution < -0.4 is 5.32 Å². The molecule has 1 aliphatic heterocycles. The van der Waals surface area contributed by atoms with Gasteiger partial charge in [0, 0.05) is 10.9 Å². The molecule has 0 saturated carbocycles. The second-order valence-electron chi connectivity index (χ2n) is 4.39. The average Bonchev–Trinajstić information content (AvgIpc) is 2.78. The van der Waals surface area contributed by atoms with Crippen LogP contribution in [-0.2, 0) is 0 Å². The zero-order valence-corrected chi connectivity index (χ0v) is 11.4. The van der Waals surface area contributed by atoms with Crippen molar-refractivity contribution < 1.29 is 0 Å². The first-order valence-electron chi connectivity index (χ1n) is 5.88. The number of fused-ring (bicyclic) bond motifs is 1. The fraction of sp³-hybridized carbons (Fsp3) is 0.286. The van der Waals surface area contributed by atoms with E-state index in [1.54, 1.807) is 0 Å². The van der Waals surface area contributed by atoms with E-state index in [2.05, 4.69) is 54.0 Å². The maximum atomic E-state index is 3.65. The van der Waals surface area contributed by atoms with Crippen molar-refractivity contribution >= 4 is 28.8 Å². The van der Waals surface area contributed by atoms with Gasteiger partial charge in [0.15, 0.2) is 0 Å². The number of hydrogen-bond donors (Lipinski definition) is 1. The van der Waals surface area contributed by atoms with E-state index in [9.17, 15) is 0 Å². The summed E-state index contributed by atoms with van der Waals surface area (Å²) in [4.78, 5) is 0. The molecule has 2 atom stereocenters. The first-order valence-corrected chi connectivity index (χ1v) is 7.64. The maximum absolute atomic E-state index is 3.65. The molecule has 1 aromatic carbocycles. The second kappa shape index (κ2) is 4.75. The molecule has 0 bridgehead atoms. The fourth-order valence-electron chi connectivity index (χ4n) is 2.22. The molecule has 0 radical (unpaired) electrons. The first kappa shape index (κ1) is 11.2. The molecule has 2 heterocycles. The quantitative estimate of drug-likeness (QED) is 0.834. The van der Waals surface area contributed by atoms with Gasteiger partial charge in [0.1, 0.15) is 0 Å². The lowest BCUT2D eigenvalue weighted by atomic mass is 10.0. The van der Waals surface area contributed by atoms with Gasteiger partial charge in [0.25, 0.3) is 0 Å². The summed E-state index contributed by atoms with van der Waals surface area (Å²) in [6, 6.07) is 13.2. The van der Waals surface area contributed by atoms with E-state index >= 15 is 0 Å². The Labute approximate surface area is 110 Å². The van der Waals surface area contributed by atoms with Crippen LogP contribution in [0.15, 0.2) is 46.0 Å². The third-order valence-electron chi connectivity index (χ3n) is 3.02. The van der Waals surface area contributed by atoms with E-state index in [1.165, 1.54) is 21.9 Å². The van der Waals surface area contributed by atoms with Gasteiger partial charge in [0.05, 0.1) is 10.3 Å². The van der Waals surface area contributed by atoms with Crippen molar-refractivity contribution in [3.05, 3.63) is 47.3 Å². The van der Waals surface area contributed by atoms with Crippen molar-refractivity contribution in [3.8, 4) is 0 Å². The summed E-state index contributed by atoms with van der Waals surface area (Å²) in [5.74, 6) is 0. The third-order valence-corrected chi connectivity index (χ3v) is 5.37. The minimum absolute atomic E-state index is 0.467. The van der Waals surface area contributed by atoms with Crippen molar-refractivity contribution in [2.24, 2.45) is 0 Å². The summed E-state index contributed by atoms with van der Waals surface area (Å²) in [6.45, 7) is 2.31. The Morgan fingerprint density at radius 2 is 2.00 bits per heavy atom. The number of hydrogen-bond acceptors (Lipinski definition) is 3. The molecule has 3 rings (SSSR count). The van der Waals surface area contributed by atoms with Crippen molar-refractivity contribution in [2.75, 3.05) is 5.32 Å². The van der Waals surface area contributed by atoms with Gasteiger partial charge in [0.2, 0.25) is 0 Å². The highest BCUT2D eigenvalue weighted by atomic mass is 32.2. The number of thiophene rings is 1. The van der Waals surface area contributed by atoms with Crippen LogP contribution in [-0.4, -0.2) is 5.25 Å². The standard InChI is InChI=1S/C14H15NS2/c1-10-9-13(12-7-8-16-14(12)17-10)15-11-5-3-2-4-6-11/h2-8,10,13,15H,9H2,1H3/t10-,13?/m0/s1. The van der Waals surface area contributed by atoms with Crippen LogP contribution in [0.4, 0.5) is 5.69 Å². The van der Waals surface area contributed by atoms with Crippen LogP contribution in [0.3, 0.4) is 0 Å². The Hall–Kier alpha value is -0.930. The Morgan fingerprint density at radius 1 is 1.18 bits per heavy atom. The highest BCUT2D eigenvalue weighted by Gasteiger charge is 2.25. The first-order chi connectivity index (χ1) is 8.33. The highest BCUT2D eigenvalue weighted by molar-refractivity contribution is 8.01. The molecule has 0 saturated heterocycles. The molecule has 3 heteroatoms. The number of rotatable bonds is 2. The maximum Gasteiger partial charge on any atom is 0.0653 e. The Bertz CT molecular complexity index is 492. The van der Waals surface area contributed by atoms with Gasteiger partial charge >= 0.3 is 0 Å². The van der Waals surface area contributed by atoms with Crippen LogP contribution in [0.2, 0.25) is 0 Å². The van der Waals surface area contributed by atoms with Crippen molar-refractivity contribution in [2.45, 2.75) is 28.8 Å². The number of thioether (sulfide) groups is 1. The molecule has 88 valence electrons. The summed E-state index contributed by atoms with van der Waals surface area (Å²) < 4.78 is 1.48. The number of nitrogens with one attached hydrogen (secondary N) is 1. The van der Waals surface area contributed by atoms with Gasteiger partial charge < -0.3 is 5.32 Å². The Balaban J connectivity index is 1.85. The van der Waals surface area contributed by atoms with Gasteiger partial charge in [-0.2, -0.15) is 0 Å².